The van der Waals surface area contributed by atoms with Crippen molar-refractivity contribution in [3.63, 3.8) is 0 Å². The summed E-state index contributed by atoms with van der Waals surface area (Å²) in [6.45, 7) is 2.18. The van der Waals surface area contributed by atoms with Crippen LogP contribution in [0.5, 0.6) is 5.75 Å². The normalized spacial score (nSPS) is 21.7. The number of nitrogens with one attached hydrogen (secondary N) is 1. The van der Waals surface area contributed by atoms with Crippen LogP contribution in [0.3, 0.4) is 0 Å². The molecule has 110 valence electrons. The lowest BCUT2D eigenvalue weighted by Gasteiger charge is -2.14. The van der Waals surface area contributed by atoms with E-state index in [1.54, 1.807) is 25.3 Å². The van der Waals surface area contributed by atoms with Gasteiger partial charge < -0.3 is 15.8 Å². The van der Waals surface area contributed by atoms with Crippen LogP contribution in [-0.2, 0) is 0 Å². The zero-order valence-corrected chi connectivity index (χ0v) is 12.8. The lowest BCUT2D eigenvalue weighted by Crippen LogP contribution is -2.33. The highest BCUT2D eigenvalue weighted by atomic mass is 32.2. The second-order valence-corrected chi connectivity index (χ2v) is 6.59. The number of nitrogen functional groups attached to an aromatic ring is 1. The highest BCUT2D eigenvalue weighted by molar-refractivity contribution is 7.99. The molecule has 1 aromatic rings. The summed E-state index contributed by atoms with van der Waals surface area (Å²) in [5, 5.41) is 3.79. The molecule has 1 amide bonds. The van der Waals surface area contributed by atoms with E-state index in [0.29, 0.717) is 22.3 Å². The minimum Gasteiger partial charge on any atom is -0.495 e. The molecule has 3 N–H and O–H groups in total. The van der Waals surface area contributed by atoms with Crippen LogP contribution in [0.1, 0.15) is 36.5 Å². The average Bonchev–Trinajstić information content (AvgIpc) is 2.87. The van der Waals surface area contributed by atoms with E-state index in [0.717, 1.165) is 18.6 Å². The van der Waals surface area contributed by atoms with Crippen LogP contribution >= 0.6 is 11.8 Å². The Hall–Kier alpha value is -1.36. The molecule has 1 aliphatic carbocycles. The van der Waals surface area contributed by atoms with E-state index in [1.807, 2.05) is 11.8 Å². The number of nitrogens with two attached hydrogens (primary N) is 1. The molecule has 0 aliphatic heterocycles. The Morgan fingerprint density at radius 3 is 3.00 bits per heavy atom. The van der Waals surface area contributed by atoms with Gasteiger partial charge in [0.1, 0.15) is 5.75 Å². The van der Waals surface area contributed by atoms with E-state index in [1.165, 1.54) is 6.42 Å². The number of carbonyl (C=O) groups excluding carboxylic acids is 1. The summed E-state index contributed by atoms with van der Waals surface area (Å²) in [6.07, 6.45) is 3.32. The van der Waals surface area contributed by atoms with Gasteiger partial charge in [0, 0.05) is 16.9 Å². The molecular formula is C15H22N2O2S. The third-order valence-electron chi connectivity index (χ3n) is 3.62. The van der Waals surface area contributed by atoms with Gasteiger partial charge in [-0.3, -0.25) is 4.79 Å². The summed E-state index contributed by atoms with van der Waals surface area (Å²) in [4.78, 5) is 12.2. The van der Waals surface area contributed by atoms with Crippen molar-refractivity contribution in [1.82, 2.24) is 5.32 Å². The second kappa shape index (κ2) is 6.88. The number of methoxy groups -OCH3 is 1. The highest BCUT2D eigenvalue weighted by Gasteiger charge is 2.26. The summed E-state index contributed by atoms with van der Waals surface area (Å²) in [7, 11) is 1.55. The van der Waals surface area contributed by atoms with Gasteiger partial charge in [-0.25, -0.2) is 0 Å². The predicted molar refractivity (Wildman–Crippen MR) is 84.4 cm³/mol. The SMILES string of the molecule is CCSC1CCC(NC(=O)c2ccc(N)c(OC)c2)C1. The van der Waals surface area contributed by atoms with E-state index in [-0.39, 0.29) is 11.9 Å². The van der Waals surface area contributed by atoms with Gasteiger partial charge >= 0.3 is 0 Å². The van der Waals surface area contributed by atoms with Crippen LogP contribution in [0.2, 0.25) is 0 Å². The van der Waals surface area contributed by atoms with Crippen molar-refractivity contribution < 1.29 is 9.53 Å². The zero-order valence-electron chi connectivity index (χ0n) is 12.0. The maximum absolute atomic E-state index is 12.2. The zero-order chi connectivity index (χ0) is 14.5. The number of benzene rings is 1. The molecule has 0 aromatic heterocycles. The summed E-state index contributed by atoms with van der Waals surface area (Å²) in [5.74, 6) is 1.64. The van der Waals surface area contributed by atoms with E-state index in [4.69, 9.17) is 10.5 Å². The summed E-state index contributed by atoms with van der Waals surface area (Å²) < 4.78 is 5.15. The van der Waals surface area contributed by atoms with Gasteiger partial charge in [0.2, 0.25) is 0 Å². The third kappa shape index (κ3) is 3.60. The Bertz CT molecular complexity index is 479. The minimum absolute atomic E-state index is 0.0459. The molecule has 0 bridgehead atoms. The third-order valence-corrected chi connectivity index (χ3v) is 4.85. The average molecular weight is 294 g/mol. The number of anilines is 1. The lowest BCUT2D eigenvalue weighted by molar-refractivity contribution is 0.0937. The molecule has 1 aromatic carbocycles. The van der Waals surface area contributed by atoms with Crippen molar-refractivity contribution in [2.75, 3.05) is 18.6 Å². The molecule has 2 rings (SSSR count). The van der Waals surface area contributed by atoms with Crippen molar-refractivity contribution in [2.45, 2.75) is 37.5 Å². The van der Waals surface area contributed by atoms with Gasteiger partial charge in [0.25, 0.3) is 5.91 Å². The van der Waals surface area contributed by atoms with Gasteiger partial charge in [-0.15, -0.1) is 0 Å². The number of ether oxygens (including phenoxy) is 1. The molecule has 1 fully saturated rings. The molecule has 2 unspecified atom stereocenters. The summed E-state index contributed by atoms with van der Waals surface area (Å²) in [6, 6.07) is 5.42. The van der Waals surface area contributed by atoms with Gasteiger partial charge in [0.15, 0.2) is 0 Å². The molecule has 0 spiro atoms. The molecule has 5 heteroatoms. The van der Waals surface area contributed by atoms with E-state index in [9.17, 15) is 4.79 Å². The van der Waals surface area contributed by atoms with Crippen molar-refractivity contribution in [2.24, 2.45) is 0 Å². The predicted octanol–water partition coefficient (Wildman–Crippen LogP) is 2.68. The second-order valence-electron chi connectivity index (χ2n) is 5.02. The Kier molecular flexibility index (Phi) is 5.17. The molecular weight excluding hydrogens is 272 g/mol. The van der Waals surface area contributed by atoms with Gasteiger partial charge in [-0.05, 0) is 43.2 Å². The highest BCUT2D eigenvalue weighted by Crippen LogP contribution is 2.30. The Morgan fingerprint density at radius 2 is 2.30 bits per heavy atom. The quantitative estimate of drug-likeness (QED) is 0.820. The minimum atomic E-state index is -0.0459. The molecule has 0 heterocycles. The fraction of sp³-hybridized carbons (Fsp3) is 0.533. The van der Waals surface area contributed by atoms with E-state index >= 15 is 0 Å². The number of hydrogen-bond acceptors (Lipinski definition) is 4. The van der Waals surface area contributed by atoms with Crippen LogP contribution in [0.25, 0.3) is 0 Å². The molecule has 1 aliphatic rings. The van der Waals surface area contributed by atoms with Gasteiger partial charge in [-0.2, -0.15) is 11.8 Å². The fourth-order valence-electron chi connectivity index (χ4n) is 2.58. The largest absolute Gasteiger partial charge is 0.495 e. The monoisotopic (exact) mass is 294 g/mol. The first-order valence-electron chi connectivity index (χ1n) is 7.00. The van der Waals surface area contributed by atoms with Crippen molar-refractivity contribution in [3.8, 4) is 5.75 Å². The van der Waals surface area contributed by atoms with E-state index < -0.39 is 0 Å². The smallest absolute Gasteiger partial charge is 0.251 e. The van der Waals surface area contributed by atoms with Crippen molar-refractivity contribution >= 4 is 23.4 Å². The van der Waals surface area contributed by atoms with Gasteiger partial charge in [0.05, 0.1) is 12.8 Å². The van der Waals surface area contributed by atoms with Crippen LogP contribution in [0.4, 0.5) is 5.69 Å². The number of carbonyl (C=O) groups is 1. The molecule has 1 saturated carbocycles. The maximum atomic E-state index is 12.2. The van der Waals surface area contributed by atoms with Crippen LogP contribution in [-0.4, -0.2) is 30.1 Å². The van der Waals surface area contributed by atoms with Crippen molar-refractivity contribution in [1.29, 1.82) is 0 Å². The molecule has 4 nitrogen and oxygen atoms in total. The Labute approximate surface area is 124 Å². The first-order chi connectivity index (χ1) is 9.63. The van der Waals surface area contributed by atoms with Gasteiger partial charge in [-0.1, -0.05) is 6.92 Å². The van der Waals surface area contributed by atoms with Crippen LogP contribution in [0, 0.1) is 0 Å². The number of thioether (sulfide) groups is 1. The summed E-state index contributed by atoms with van der Waals surface area (Å²) in [5.41, 5.74) is 6.90. The summed E-state index contributed by atoms with van der Waals surface area (Å²) >= 11 is 1.99. The topological polar surface area (TPSA) is 64.4 Å². The lowest BCUT2D eigenvalue weighted by atomic mass is 10.1. The van der Waals surface area contributed by atoms with Crippen molar-refractivity contribution in [3.05, 3.63) is 23.8 Å². The maximum Gasteiger partial charge on any atom is 0.251 e. The fourth-order valence-corrected chi connectivity index (χ4v) is 3.72. The number of rotatable bonds is 5. The van der Waals surface area contributed by atoms with Crippen LogP contribution in [0.15, 0.2) is 18.2 Å². The van der Waals surface area contributed by atoms with E-state index in [2.05, 4.69) is 12.2 Å². The Balaban J connectivity index is 1.95. The Morgan fingerprint density at radius 1 is 1.50 bits per heavy atom. The first kappa shape index (κ1) is 15.0. The van der Waals surface area contributed by atoms with Crippen LogP contribution < -0.4 is 15.8 Å². The number of amides is 1. The molecule has 20 heavy (non-hydrogen) atoms. The molecule has 0 radical (unpaired) electrons. The molecule has 2 atom stereocenters. The number of hydrogen-bond donors (Lipinski definition) is 2. The molecule has 0 saturated heterocycles. The first-order valence-corrected chi connectivity index (χ1v) is 8.05. The standard InChI is InChI=1S/C15H22N2O2S/c1-3-20-12-6-5-11(9-12)17-15(18)10-4-7-13(16)14(8-10)19-2/h4,7-8,11-12H,3,5-6,9,16H2,1-2H3,(H,17,18).